The number of pyridine rings is 1. The lowest BCUT2D eigenvalue weighted by atomic mass is 10.1. The Kier molecular flexibility index (Phi) is 4.65. The number of methoxy groups -OCH3 is 1. The van der Waals surface area contributed by atoms with Crippen molar-refractivity contribution in [1.82, 2.24) is 10.3 Å². The first kappa shape index (κ1) is 16.5. The van der Waals surface area contributed by atoms with Crippen LogP contribution >= 0.6 is 0 Å². The third-order valence-electron chi connectivity index (χ3n) is 3.71. The molecule has 3 rings (SSSR count). The Labute approximate surface area is 143 Å². The number of rotatable bonds is 6. The molecule has 2 heterocycles. The van der Waals surface area contributed by atoms with Gasteiger partial charge >= 0.3 is 5.97 Å². The van der Waals surface area contributed by atoms with Gasteiger partial charge < -0.3 is 19.6 Å². The number of aliphatic carboxylic acids is 1. The zero-order valence-electron chi connectivity index (χ0n) is 13.4. The number of carboxylic acids is 1. The molecule has 1 amide bonds. The van der Waals surface area contributed by atoms with Crippen LogP contribution in [0.1, 0.15) is 16.1 Å². The van der Waals surface area contributed by atoms with Crippen LogP contribution in [0.5, 0.6) is 5.75 Å². The number of ether oxygens (including phenoxy) is 1. The van der Waals surface area contributed by atoms with Gasteiger partial charge in [0.1, 0.15) is 17.4 Å². The van der Waals surface area contributed by atoms with E-state index in [1.54, 1.807) is 55.9 Å². The van der Waals surface area contributed by atoms with Crippen LogP contribution in [0.25, 0.3) is 11.0 Å². The Bertz CT molecular complexity index is 904. The molecule has 3 aromatic rings. The SMILES string of the molecule is COc1ccc2oc(C(=O)N[C@@H](Cc3cccnc3)C(=O)O)cc2c1. The van der Waals surface area contributed by atoms with Crippen LogP contribution in [-0.2, 0) is 11.2 Å². The molecule has 2 N–H and O–H groups in total. The molecule has 0 aliphatic rings. The van der Waals surface area contributed by atoms with E-state index in [-0.39, 0.29) is 12.2 Å². The second kappa shape index (κ2) is 7.04. The van der Waals surface area contributed by atoms with E-state index >= 15 is 0 Å². The van der Waals surface area contributed by atoms with Crippen molar-refractivity contribution in [3.8, 4) is 5.75 Å². The predicted octanol–water partition coefficient (Wildman–Crippen LogP) is 2.26. The summed E-state index contributed by atoms with van der Waals surface area (Å²) in [7, 11) is 1.55. The summed E-state index contributed by atoms with van der Waals surface area (Å²) < 4.78 is 10.6. The molecule has 1 atom stereocenters. The molecule has 7 nitrogen and oxygen atoms in total. The highest BCUT2D eigenvalue weighted by Gasteiger charge is 2.23. The number of hydrogen-bond acceptors (Lipinski definition) is 5. The summed E-state index contributed by atoms with van der Waals surface area (Å²) in [6.07, 6.45) is 3.29. The molecule has 0 radical (unpaired) electrons. The molecule has 0 spiro atoms. The number of carboxylic acid groups (broad SMARTS) is 1. The van der Waals surface area contributed by atoms with Crippen LogP contribution in [-0.4, -0.2) is 35.1 Å². The molecule has 1 aromatic carbocycles. The van der Waals surface area contributed by atoms with Crippen molar-refractivity contribution in [2.24, 2.45) is 0 Å². The minimum Gasteiger partial charge on any atom is -0.497 e. The number of fused-ring (bicyclic) bond motifs is 1. The molecule has 0 bridgehead atoms. The average molecular weight is 340 g/mol. The molecular formula is C18H16N2O5. The molecular weight excluding hydrogens is 324 g/mol. The van der Waals surface area contributed by atoms with Crippen molar-refractivity contribution < 1.29 is 23.8 Å². The summed E-state index contributed by atoms with van der Waals surface area (Å²) >= 11 is 0. The Morgan fingerprint density at radius 2 is 2.16 bits per heavy atom. The highest BCUT2D eigenvalue weighted by atomic mass is 16.5. The number of carbonyl (C=O) groups excluding carboxylic acids is 1. The van der Waals surface area contributed by atoms with E-state index in [2.05, 4.69) is 10.3 Å². The quantitative estimate of drug-likeness (QED) is 0.714. The lowest BCUT2D eigenvalue weighted by molar-refractivity contribution is -0.139. The van der Waals surface area contributed by atoms with Crippen LogP contribution in [0.4, 0.5) is 0 Å². The van der Waals surface area contributed by atoms with Gasteiger partial charge in [0.15, 0.2) is 5.76 Å². The number of nitrogens with one attached hydrogen (secondary N) is 1. The third kappa shape index (κ3) is 3.77. The second-order valence-electron chi connectivity index (χ2n) is 5.44. The lowest BCUT2D eigenvalue weighted by Crippen LogP contribution is -2.42. The van der Waals surface area contributed by atoms with Crippen LogP contribution in [0.15, 0.2) is 53.2 Å². The zero-order chi connectivity index (χ0) is 17.8. The third-order valence-corrected chi connectivity index (χ3v) is 3.71. The maximum absolute atomic E-state index is 12.4. The van der Waals surface area contributed by atoms with Gasteiger partial charge in [0.05, 0.1) is 7.11 Å². The van der Waals surface area contributed by atoms with Gasteiger partial charge in [-0.1, -0.05) is 6.07 Å². The Hall–Kier alpha value is -3.35. The summed E-state index contributed by atoms with van der Waals surface area (Å²) in [4.78, 5) is 27.7. The smallest absolute Gasteiger partial charge is 0.326 e. The van der Waals surface area contributed by atoms with E-state index in [0.717, 1.165) is 0 Å². The van der Waals surface area contributed by atoms with Gasteiger partial charge in [0.2, 0.25) is 0 Å². The standard InChI is InChI=1S/C18H16N2O5/c1-24-13-4-5-15-12(8-13)9-16(25-15)17(21)20-14(18(22)23)7-11-3-2-6-19-10-11/h2-6,8-10,14H,7H2,1H3,(H,20,21)(H,22,23)/t14-/m0/s1. The Balaban J connectivity index is 1.78. The Morgan fingerprint density at radius 1 is 1.32 bits per heavy atom. The van der Waals surface area contributed by atoms with Crippen molar-refractivity contribution >= 4 is 22.8 Å². The first-order chi connectivity index (χ1) is 12.1. The molecule has 7 heteroatoms. The number of nitrogens with zero attached hydrogens (tertiary/aromatic N) is 1. The monoisotopic (exact) mass is 340 g/mol. The molecule has 128 valence electrons. The average Bonchev–Trinajstić information content (AvgIpc) is 3.05. The molecule has 0 unspecified atom stereocenters. The number of hydrogen-bond donors (Lipinski definition) is 2. The zero-order valence-corrected chi connectivity index (χ0v) is 13.4. The van der Waals surface area contributed by atoms with Gasteiger partial charge in [-0.3, -0.25) is 9.78 Å². The fraction of sp³-hybridized carbons (Fsp3) is 0.167. The summed E-state index contributed by atoms with van der Waals surface area (Å²) in [6, 6.07) is 9.08. The highest BCUT2D eigenvalue weighted by molar-refractivity contribution is 5.98. The summed E-state index contributed by atoms with van der Waals surface area (Å²) in [6.45, 7) is 0. The van der Waals surface area contributed by atoms with Crippen LogP contribution in [0, 0.1) is 0 Å². The van der Waals surface area contributed by atoms with E-state index < -0.39 is 17.9 Å². The largest absolute Gasteiger partial charge is 0.497 e. The lowest BCUT2D eigenvalue weighted by Gasteiger charge is -2.13. The molecule has 25 heavy (non-hydrogen) atoms. The van der Waals surface area contributed by atoms with E-state index in [1.807, 2.05) is 0 Å². The molecule has 0 fully saturated rings. The van der Waals surface area contributed by atoms with Gasteiger partial charge in [-0.15, -0.1) is 0 Å². The second-order valence-corrected chi connectivity index (χ2v) is 5.44. The van der Waals surface area contributed by atoms with Crippen molar-refractivity contribution in [3.05, 3.63) is 60.1 Å². The number of aromatic nitrogens is 1. The fourth-order valence-corrected chi connectivity index (χ4v) is 2.44. The maximum Gasteiger partial charge on any atom is 0.326 e. The van der Waals surface area contributed by atoms with Crippen molar-refractivity contribution in [3.63, 3.8) is 0 Å². The first-order valence-corrected chi connectivity index (χ1v) is 7.57. The number of amides is 1. The minimum absolute atomic E-state index is 0.0423. The van der Waals surface area contributed by atoms with Gasteiger partial charge in [-0.25, -0.2) is 4.79 Å². The van der Waals surface area contributed by atoms with Crippen LogP contribution in [0.3, 0.4) is 0 Å². The highest BCUT2D eigenvalue weighted by Crippen LogP contribution is 2.24. The molecule has 2 aromatic heterocycles. The first-order valence-electron chi connectivity index (χ1n) is 7.57. The Morgan fingerprint density at radius 3 is 2.84 bits per heavy atom. The van der Waals surface area contributed by atoms with Crippen LogP contribution < -0.4 is 10.1 Å². The number of benzene rings is 1. The molecule has 0 aliphatic carbocycles. The maximum atomic E-state index is 12.4. The topological polar surface area (TPSA) is 102 Å². The van der Waals surface area contributed by atoms with E-state index in [0.29, 0.717) is 22.3 Å². The van der Waals surface area contributed by atoms with Gasteiger partial charge in [0, 0.05) is 24.2 Å². The number of furan rings is 1. The molecule has 0 aliphatic heterocycles. The predicted molar refractivity (Wildman–Crippen MR) is 89.6 cm³/mol. The van der Waals surface area contributed by atoms with E-state index in [4.69, 9.17) is 9.15 Å². The fourth-order valence-electron chi connectivity index (χ4n) is 2.44. The van der Waals surface area contributed by atoms with E-state index in [1.165, 1.54) is 0 Å². The summed E-state index contributed by atoms with van der Waals surface area (Å²) in [5, 5.41) is 12.5. The van der Waals surface area contributed by atoms with Crippen molar-refractivity contribution in [1.29, 1.82) is 0 Å². The summed E-state index contributed by atoms with van der Waals surface area (Å²) in [5.41, 5.74) is 1.23. The van der Waals surface area contributed by atoms with Crippen molar-refractivity contribution in [2.45, 2.75) is 12.5 Å². The van der Waals surface area contributed by atoms with E-state index in [9.17, 15) is 14.7 Å². The van der Waals surface area contributed by atoms with Crippen molar-refractivity contribution in [2.75, 3.05) is 7.11 Å². The normalized spacial score (nSPS) is 11.9. The molecule has 0 saturated carbocycles. The number of carbonyl (C=O) groups is 2. The summed E-state index contributed by atoms with van der Waals surface area (Å²) in [5.74, 6) is -1.04. The molecule has 0 saturated heterocycles. The van der Waals surface area contributed by atoms with Crippen LogP contribution in [0.2, 0.25) is 0 Å². The van der Waals surface area contributed by atoms with Gasteiger partial charge in [-0.2, -0.15) is 0 Å². The van der Waals surface area contributed by atoms with Gasteiger partial charge in [0.25, 0.3) is 5.91 Å². The van der Waals surface area contributed by atoms with Gasteiger partial charge in [-0.05, 0) is 35.9 Å². The minimum atomic E-state index is -1.13.